The summed E-state index contributed by atoms with van der Waals surface area (Å²) in [6, 6.07) is -0.896. The Kier molecular flexibility index (Phi) is 39.8. The van der Waals surface area contributed by atoms with E-state index in [1.165, 1.54) is 148 Å². The zero-order valence-electron chi connectivity index (χ0n) is 35.3. The minimum atomic E-state index is -4.37. The normalized spacial score (nSPS) is 14.7. The summed E-state index contributed by atoms with van der Waals surface area (Å²) in [4.78, 5) is 22.8. The Morgan fingerprint density at radius 2 is 1.00 bits per heavy atom. The molecule has 6 N–H and O–H groups in total. The quantitative estimate of drug-likeness (QED) is 0.0233. The van der Waals surface area contributed by atoms with Crippen molar-refractivity contribution in [2.45, 2.75) is 244 Å². The number of amides is 1. The second kappa shape index (κ2) is 40.4. The van der Waals surface area contributed by atoms with E-state index >= 15 is 0 Å². The van der Waals surface area contributed by atoms with Gasteiger partial charge in [0.25, 0.3) is 0 Å². The molecule has 0 aliphatic carbocycles. The molecule has 0 bridgehead atoms. The molecular weight excluding hydrogens is 699 g/mol. The standard InChI is InChI=1S/C44H89N2O7P/c1-3-5-7-9-11-13-15-17-19-20-22-23-25-27-29-31-33-35-41(47)39-44(49)46-42(40-53-54(50,51)52-38-37-45)43(48)36-34-32-30-28-26-24-21-18-16-14-12-10-8-6-4-2/h20,22,41-43,47-48H,3-19,21,23-40,45H2,1-2H3,(H,46,49)(H,50,51)/b22-20-. The summed E-state index contributed by atoms with van der Waals surface area (Å²) in [5, 5.41) is 24.2. The van der Waals surface area contributed by atoms with E-state index in [1.807, 2.05) is 0 Å². The van der Waals surface area contributed by atoms with Crippen LogP contribution < -0.4 is 11.1 Å². The molecule has 0 aliphatic heterocycles. The highest BCUT2D eigenvalue weighted by Crippen LogP contribution is 2.43. The fourth-order valence-electron chi connectivity index (χ4n) is 6.94. The first-order chi connectivity index (χ1) is 26.3. The van der Waals surface area contributed by atoms with Crippen molar-refractivity contribution in [2.24, 2.45) is 5.73 Å². The lowest BCUT2D eigenvalue weighted by atomic mass is 10.0. The molecular formula is C44H89N2O7P. The lowest BCUT2D eigenvalue weighted by Gasteiger charge is -2.25. The molecule has 0 fully saturated rings. The fraction of sp³-hybridized carbons (Fsp3) is 0.932. The number of carbonyl (C=O) groups is 1. The van der Waals surface area contributed by atoms with Crippen LogP contribution in [0, 0.1) is 0 Å². The average Bonchev–Trinajstić information content (AvgIpc) is 3.15. The molecule has 1 amide bonds. The first-order valence-electron chi connectivity index (χ1n) is 22.9. The van der Waals surface area contributed by atoms with Gasteiger partial charge in [0.1, 0.15) is 0 Å². The second-order valence-corrected chi connectivity index (χ2v) is 17.3. The van der Waals surface area contributed by atoms with Crippen LogP contribution in [-0.4, -0.2) is 59.0 Å². The molecule has 0 spiro atoms. The van der Waals surface area contributed by atoms with Crippen LogP contribution in [0.5, 0.6) is 0 Å². The molecule has 0 aliphatic rings. The third kappa shape index (κ3) is 38.1. The highest BCUT2D eigenvalue weighted by atomic mass is 31.2. The fourth-order valence-corrected chi connectivity index (χ4v) is 7.70. The Morgan fingerprint density at radius 1 is 0.611 bits per heavy atom. The van der Waals surface area contributed by atoms with Crippen molar-refractivity contribution in [1.29, 1.82) is 0 Å². The van der Waals surface area contributed by atoms with Gasteiger partial charge >= 0.3 is 7.82 Å². The van der Waals surface area contributed by atoms with E-state index in [4.69, 9.17) is 14.8 Å². The van der Waals surface area contributed by atoms with Crippen molar-refractivity contribution in [3.05, 3.63) is 12.2 Å². The van der Waals surface area contributed by atoms with Crippen LogP contribution >= 0.6 is 7.82 Å². The number of nitrogens with two attached hydrogens (primary N) is 1. The van der Waals surface area contributed by atoms with Gasteiger partial charge in [-0.25, -0.2) is 4.57 Å². The molecule has 0 heterocycles. The Morgan fingerprint density at radius 3 is 1.43 bits per heavy atom. The van der Waals surface area contributed by atoms with E-state index in [2.05, 4.69) is 31.3 Å². The van der Waals surface area contributed by atoms with Gasteiger partial charge in [0.2, 0.25) is 5.91 Å². The van der Waals surface area contributed by atoms with Crippen LogP contribution in [0.1, 0.15) is 226 Å². The minimum Gasteiger partial charge on any atom is -0.393 e. The van der Waals surface area contributed by atoms with Crippen molar-refractivity contribution in [3.8, 4) is 0 Å². The topological polar surface area (TPSA) is 151 Å². The summed E-state index contributed by atoms with van der Waals surface area (Å²) in [6.07, 6.45) is 41.1. The lowest BCUT2D eigenvalue weighted by Crippen LogP contribution is -2.47. The number of phosphoric ester groups is 1. The number of hydrogen-bond acceptors (Lipinski definition) is 7. The molecule has 322 valence electrons. The van der Waals surface area contributed by atoms with Gasteiger partial charge in [0, 0.05) is 6.54 Å². The number of carbonyl (C=O) groups excluding carboxylic acids is 1. The van der Waals surface area contributed by atoms with Crippen LogP contribution in [0.3, 0.4) is 0 Å². The van der Waals surface area contributed by atoms with Crippen LogP contribution in [0.2, 0.25) is 0 Å². The van der Waals surface area contributed by atoms with E-state index in [-0.39, 0.29) is 26.2 Å². The van der Waals surface area contributed by atoms with Gasteiger partial charge < -0.3 is 26.2 Å². The van der Waals surface area contributed by atoms with Crippen molar-refractivity contribution in [2.75, 3.05) is 19.8 Å². The Bertz CT molecular complexity index is 878. The minimum absolute atomic E-state index is 0.0601. The Hall–Kier alpha value is -0.800. The Balaban J connectivity index is 4.23. The number of allylic oxidation sites excluding steroid dienone is 2. The van der Waals surface area contributed by atoms with Crippen LogP contribution in [0.15, 0.2) is 12.2 Å². The van der Waals surface area contributed by atoms with Crippen molar-refractivity contribution in [1.82, 2.24) is 5.32 Å². The summed E-state index contributed by atoms with van der Waals surface area (Å²) in [7, 11) is -4.37. The first kappa shape index (κ1) is 53.2. The van der Waals surface area contributed by atoms with E-state index in [9.17, 15) is 24.5 Å². The lowest BCUT2D eigenvalue weighted by molar-refractivity contribution is -0.125. The third-order valence-electron chi connectivity index (χ3n) is 10.4. The molecule has 0 rings (SSSR count). The monoisotopic (exact) mass is 789 g/mol. The number of rotatable bonds is 43. The van der Waals surface area contributed by atoms with Crippen molar-refractivity contribution < 1.29 is 33.5 Å². The highest BCUT2D eigenvalue weighted by Gasteiger charge is 2.28. The second-order valence-electron chi connectivity index (χ2n) is 15.8. The van der Waals surface area contributed by atoms with Crippen molar-refractivity contribution >= 4 is 13.7 Å². The predicted molar refractivity (Wildman–Crippen MR) is 228 cm³/mol. The predicted octanol–water partition coefficient (Wildman–Crippen LogP) is 11.8. The SMILES string of the molecule is CCCCCCCCCC/C=C\CCCCCCCC(O)CC(=O)NC(COP(=O)(O)OCCN)C(O)CCCCCCCCCCCCCCCCC. The maximum atomic E-state index is 12.8. The zero-order valence-corrected chi connectivity index (χ0v) is 36.2. The number of hydrogen-bond donors (Lipinski definition) is 5. The molecule has 0 radical (unpaired) electrons. The smallest absolute Gasteiger partial charge is 0.393 e. The molecule has 0 saturated carbocycles. The summed E-state index contributed by atoms with van der Waals surface area (Å²) in [5.41, 5.74) is 5.37. The Labute approximate surface area is 333 Å². The van der Waals surface area contributed by atoms with Crippen LogP contribution in [0.4, 0.5) is 0 Å². The van der Waals surface area contributed by atoms with E-state index in [0.717, 1.165) is 44.9 Å². The first-order valence-corrected chi connectivity index (χ1v) is 24.4. The number of phosphoric acid groups is 1. The van der Waals surface area contributed by atoms with Gasteiger partial charge in [0.05, 0.1) is 37.9 Å². The van der Waals surface area contributed by atoms with Gasteiger partial charge in [-0.1, -0.05) is 193 Å². The maximum Gasteiger partial charge on any atom is 0.472 e. The summed E-state index contributed by atoms with van der Waals surface area (Å²) < 4.78 is 22.2. The molecule has 4 unspecified atom stereocenters. The average molecular weight is 789 g/mol. The van der Waals surface area contributed by atoms with Crippen LogP contribution in [-0.2, 0) is 18.4 Å². The van der Waals surface area contributed by atoms with Gasteiger partial charge in [-0.05, 0) is 38.5 Å². The molecule has 4 atom stereocenters. The number of unbranched alkanes of at least 4 members (excludes halogenated alkanes) is 27. The molecule has 9 nitrogen and oxygen atoms in total. The van der Waals surface area contributed by atoms with Gasteiger partial charge in [-0.2, -0.15) is 0 Å². The molecule has 0 aromatic rings. The molecule has 0 aromatic carbocycles. The van der Waals surface area contributed by atoms with Gasteiger partial charge in [-0.15, -0.1) is 0 Å². The van der Waals surface area contributed by atoms with Crippen LogP contribution in [0.25, 0.3) is 0 Å². The summed E-state index contributed by atoms with van der Waals surface area (Å²) >= 11 is 0. The van der Waals surface area contributed by atoms with E-state index in [0.29, 0.717) is 12.8 Å². The largest absolute Gasteiger partial charge is 0.472 e. The summed E-state index contributed by atoms with van der Waals surface area (Å²) in [5.74, 6) is -0.416. The number of nitrogens with one attached hydrogen (secondary N) is 1. The van der Waals surface area contributed by atoms with E-state index in [1.54, 1.807) is 0 Å². The summed E-state index contributed by atoms with van der Waals surface area (Å²) in [6.45, 7) is 4.06. The zero-order chi connectivity index (χ0) is 39.8. The molecule has 0 aromatic heterocycles. The highest BCUT2D eigenvalue weighted by molar-refractivity contribution is 7.47. The molecule has 0 saturated heterocycles. The van der Waals surface area contributed by atoms with Crippen molar-refractivity contribution in [3.63, 3.8) is 0 Å². The third-order valence-corrected chi connectivity index (χ3v) is 11.4. The molecule has 10 heteroatoms. The van der Waals surface area contributed by atoms with E-state index < -0.39 is 32.0 Å². The number of aliphatic hydroxyl groups excluding tert-OH is 2. The van der Waals surface area contributed by atoms with Gasteiger partial charge in [-0.3, -0.25) is 13.8 Å². The van der Waals surface area contributed by atoms with Gasteiger partial charge in [0.15, 0.2) is 0 Å². The number of aliphatic hydroxyl groups is 2. The molecule has 54 heavy (non-hydrogen) atoms. The maximum absolute atomic E-state index is 12.8.